The van der Waals surface area contributed by atoms with Crippen molar-refractivity contribution in [1.82, 2.24) is 5.48 Å². The molecule has 2 nitrogen and oxygen atoms in total. The lowest BCUT2D eigenvalue weighted by Gasteiger charge is -2.02. The van der Waals surface area contributed by atoms with Gasteiger partial charge in [-0.3, -0.25) is 0 Å². The Labute approximate surface area is 87.0 Å². The topological polar surface area (TPSA) is 21.3 Å². The van der Waals surface area contributed by atoms with E-state index in [0.29, 0.717) is 6.04 Å². The average molecular weight is 195 g/mol. The van der Waals surface area contributed by atoms with Crippen LogP contribution in [0, 0.1) is 0 Å². The van der Waals surface area contributed by atoms with Gasteiger partial charge in [-0.05, 0) is 26.2 Å². The first-order valence-corrected chi connectivity index (χ1v) is 5.52. The van der Waals surface area contributed by atoms with Crippen LogP contribution < -0.4 is 5.48 Å². The van der Waals surface area contributed by atoms with E-state index < -0.39 is 0 Å². The molecule has 0 aromatic heterocycles. The summed E-state index contributed by atoms with van der Waals surface area (Å²) in [5.41, 5.74) is 4.46. The number of hydrogen-bond donors (Lipinski definition) is 1. The summed E-state index contributed by atoms with van der Waals surface area (Å²) in [7, 11) is 0. The molecule has 0 spiro atoms. The van der Waals surface area contributed by atoms with E-state index in [1.807, 2.05) is 0 Å². The molecule has 0 saturated carbocycles. The zero-order valence-corrected chi connectivity index (χ0v) is 9.25. The second-order valence-electron chi connectivity index (χ2n) is 3.88. The van der Waals surface area contributed by atoms with Crippen molar-refractivity contribution in [2.24, 2.45) is 0 Å². The van der Waals surface area contributed by atoms with Gasteiger partial charge in [-0.1, -0.05) is 37.1 Å². The van der Waals surface area contributed by atoms with Gasteiger partial charge in [0, 0.05) is 6.04 Å². The Bertz CT molecular complexity index is 202. The van der Waals surface area contributed by atoms with Crippen LogP contribution in [0.25, 0.3) is 0 Å². The lowest BCUT2D eigenvalue weighted by molar-refractivity contribution is 0.0887. The van der Waals surface area contributed by atoms with E-state index >= 15 is 0 Å². The summed E-state index contributed by atoms with van der Waals surface area (Å²) < 4.78 is 0. The van der Waals surface area contributed by atoms with Gasteiger partial charge in [0.2, 0.25) is 0 Å². The van der Waals surface area contributed by atoms with Crippen LogP contribution in [-0.4, -0.2) is 12.6 Å². The van der Waals surface area contributed by atoms with Crippen molar-refractivity contribution in [1.29, 1.82) is 0 Å². The van der Waals surface area contributed by atoms with Crippen LogP contribution in [0.5, 0.6) is 0 Å². The van der Waals surface area contributed by atoms with Gasteiger partial charge < -0.3 is 4.84 Å². The summed E-state index contributed by atoms with van der Waals surface area (Å²) in [6.45, 7) is 5.24. The van der Waals surface area contributed by atoms with Crippen molar-refractivity contribution >= 4 is 0 Å². The zero-order chi connectivity index (χ0) is 10.2. The molecule has 1 unspecified atom stereocenters. The van der Waals surface area contributed by atoms with Crippen molar-refractivity contribution in [2.75, 3.05) is 6.61 Å². The van der Waals surface area contributed by atoms with Gasteiger partial charge in [0.15, 0.2) is 0 Å². The van der Waals surface area contributed by atoms with E-state index in [1.54, 1.807) is 0 Å². The molecule has 1 atom stereocenters. The Morgan fingerprint density at radius 2 is 2.43 bits per heavy atom. The van der Waals surface area contributed by atoms with Crippen LogP contribution in [0.1, 0.15) is 39.5 Å². The standard InChI is InChI=1S/C12H21NO/c1-3-6-11(2)7-4-5-8-12-9-10-14-13-12/h4-5,7,12-13H,3,6,8-10H2,1-2H3/b5-4-,11-7+. The summed E-state index contributed by atoms with van der Waals surface area (Å²) >= 11 is 0. The Hall–Kier alpha value is -0.600. The zero-order valence-electron chi connectivity index (χ0n) is 9.25. The highest BCUT2D eigenvalue weighted by Gasteiger charge is 2.12. The molecule has 1 heterocycles. The maximum atomic E-state index is 5.07. The third kappa shape index (κ3) is 4.58. The highest BCUT2D eigenvalue weighted by molar-refractivity contribution is 5.10. The number of hydroxylamine groups is 1. The summed E-state index contributed by atoms with van der Waals surface area (Å²) in [6, 6.07) is 0.520. The van der Waals surface area contributed by atoms with E-state index in [4.69, 9.17) is 4.84 Å². The summed E-state index contributed by atoms with van der Waals surface area (Å²) in [5, 5.41) is 0. The quantitative estimate of drug-likeness (QED) is 0.681. The van der Waals surface area contributed by atoms with Crippen LogP contribution in [0.3, 0.4) is 0 Å². The molecule has 1 aliphatic heterocycles. The molecule has 0 aromatic carbocycles. The van der Waals surface area contributed by atoms with Gasteiger partial charge >= 0.3 is 0 Å². The Balaban J connectivity index is 2.16. The molecule has 80 valence electrons. The van der Waals surface area contributed by atoms with Gasteiger partial charge in [-0.2, -0.15) is 5.48 Å². The Morgan fingerprint density at radius 3 is 3.07 bits per heavy atom. The number of nitrogens with one attached hydrogen (secondary N) is 1. The second-order valence-corrected chi connectivity index (χ2v) is 3.88. The molecule has 2 heteroatoms. The molecule has 0 aliphatic carbocycles. The lowest BCUT2D eigenvalue weighted by atomic mass is 10.1. The van der Waals surface area contributed by atoms with Gasteiger partial charge in [0.05, 0.1) is 6.61 Å². The van der Waals surface area contributed by atoms with Gasteiger partial charge in [-0.25, -0.2) is 0 Å². The predicted molar refractivity (Wildman–Crippen MR) is 59.9 cm³/mol. The number of rotatable bonds is 5. The molecule has 1 fully saturated rings. The van der Waals surface area contributed by atoms with Gasteiger partial charge in [0.1, 0.15) is 0 Å². The molecule has 1 saturated heterocycles. The Morgan fingerprint density at radius 1 is 1.57 bits per heavy atom. The first-order valence-electron chi connectivity index (χ1n) is 5.52. The molecule has 14 heavy (non-hydrogen) atoms. The van der Waals surface area contributed by atoms with Crippen molar-refractivity contribution in [3.63, 3.8) is 0 Å². The van der Waals surface area contributed by atoms with Crippen molar-refractivity contribution < 1.29 is 4.84 Å². The lowest BCUT2D eigenvalue weighted by Crippen LogP contribution is -2.18. The first-order chi connectivity index (χ1) is 6.83. The number of hydrogen-bond acceptors (Lipinski definition) is 2. The molecular weight excluding hydrogens is 174 g/mol. The number of allylic oxidation sites excluding steroid dienone is 3. The molecule has 0 bridgehead atoms. The third-order valence-electron chi connectivity index (χ3n) is 2.40. The average Bonchev–Trinajstić information content (AvgIpc) is 2.65. The Kier molecular flexibility index (Phi) is 5.57. The van der Waals surface area contributed by atoms with E-state index in [-0.39, 0.29) is 0 Å². The minimum atomic E-state index is 0.520. The molecule has 0 radical (unpaired) electrons. The van der Waals surface area contributed by atoms with Crippen LogP contribution in [-0.2, 0) is 4.84 Å². The predicted octanol–water partition coefficient (Wildman–Crippen LogP) is 2.97. The van der Waals surface area contributed by atoms with Crippen LogP contribution in [0.4, 0.5) is 0 Å². The van der Waals surface area contributed by atoms with E-state index in [9.17, 15) is 0 Å². The van der Waals surface area contributed by atoms with Crippen LogP contribution in [0.2, 0.25) is 0 Å². The monoisotopic (exact) mass is 195 g/mol. The van der Waals surface area contributed by atoms with Crippen molar-refractivity contribution in [3.8, 4) is 0 Å². The first kappa shape index (κ1) is 11.5. The third-order valence-corrected chi connectivity index (χ3v) is 2.40. The highest BCUT2D eigenvalue weighted by Crippen LogP contribution is 2.07. The molecular formula is C12H21NO. The molecule has 1 N–H and O–H groups in total. The van der Waals surface area contributed by atoms with Crippen molar-refractivity contribution in [2.45, 2.75) is 45.6 Å². The van der Waals surface area contributed by atoms with Crippen LogP contribution >= 0.6 is 0 Å². The largest absolute Gasteiger partial charge is 0.301 e. The normalized spacial score (nSPS) is 23.6. The minimum Gasteiger partial charge on any atom is -0.301 e. The second kappa shape index (κ2) is 6.80. The summed E-state index contributed by atoms with van der Waals surface area (Å²) in [6.07, 6.45) is 11.2. The molecule has 0 amide bonds. The fraction of sp³-hybridized carbons (Fsp3) is 0.667. The molecule has 1 aliphatic rings. The van der Waals surface area contributed by atoms with E-state index in [1.165, 1.54) is 18.4 Å². The maximum absolute atomic E-state index is 5.07. The summed E-state index contributed by atoms with van der Waals surface area (Å²) in [5.74, 6) is 0. The maximum Gasteiger partial charge on any atom is 0.0698 e. The smallest absolute Gasteiger partial charge is 0.0698 e. The summed E-state index contributed by atoms with van der Waals surface area (Å²) in [4.78, 5) is 5.07. The fourth-order valence-electron chi connectivity index (χ4n) is 1.56. The molecule has 1 rings (SSSR count). The minimum absolute atomic E-state index is 0.520. The van der Waals surface area contributed by atoms with Crippen molar-refractivity contribution in [3.05, 3.63) is 23.8 Å². The van der Waals surface area contributed by atoms with E-state index in [2.05, 4.69) is 37.6 Å². The van der Waals surface area contributed by atoms with Gasteiger partial charge in [0.25, 0.3) is 0 Å². The highest BCUT2D eigenvalue weighted by atomic mass is 16.7. The molecule has 0 aromatic rings. The van der Waals surface area contributed by atoms with E-state index in [0.717, 1.165) is 19.4 Å². The fourth-order valence-corrected chi connectivity index (χ4v) is 1.56. The SMILES string of the molecule is CCC/C(C)=C/C=C\CC1CCON1. The van der Waals surface area contributed by atoms with Crippen LogP contribution in [0.15, 0.2) is 23.8 Å². The van der Waals surface area contributed by atoms with Gasteiger partial charge in [-0.15, -0.1) is 0 Å².